The van der Waals surface area contributed by atoms with Gasteiger partial charge in [-0.15, -0.1) is 0 Å². The van der Waals surface area contributed by atoms with E-state index in [1.54, 1.807) is 25.5 Å². The Labute approximate surface area is 110 Å². The third-order valence-corrected chi connectivity index (χ3v) is 2.88. The van der Waals surface area contributed by atoms with Gasteiger partial charge in [0.2, 0.25) is 0 Å². The largest absolute Gasteiger partial charge is 0.385 e. The molecule has 1 amide bonds. The summed E-state index contributed by atoms with van der Waals surface area (Å²) in [6.45, 7) is 1.83. The van der Waals surface area contributed by atoms with Crippen molar-refractivity contribution in [3.8, 4) is 0 Å². The van der Waals surface area contributed by atoms with Crippen LogP contribution in [0.15, 0.2) is 30.6 Å². The van der Waals surface area contributed by atoms with E-state index < -0.39 is 5.82 Å². The fraction of sp³-hybridized carbons (Fsp3) is 0.231. The monoisotopic (exact) mass is 262 g/mol. The van der Waals surface area contributed by atoms with Crippen LogP contribution in [0.1, 0.15) is 28.9 Å². The van der Waals surface area contributed by atoms with Gasteiger partial charge in [-0.3, -0.25) is 9.89 Å². The van der Waals surface area contributed by atoms with E-state index in [9.17, 15) is 9.18 Å². The van der Waals surface area contributed by atoms with Crippen molar-refractivity contribution in [3.05, 3.63) is 47.5 Å². The first-order chi connectivity index (χ1) is 9.13. The Morgan fingerprint density at radius 3 is 2.89 bits per heavy atom. The normalized spacial score (nSPS) is 11.9. The summed E-state index contributed by atoms with van der Waals surface area (Å²) in [4.78, 5) is 12.1. The lowest BCUT2D eigenvalue weighted by atomic mass is 10.1. The SMILES string of the molecule is CNc1c(F)cccc1C(=O)NC(C)c1cn[nH]c1. The number of halogens is 1. The van der Waals surface area contributed by atoms with Crippen LogP contribution in [-0.2, 0) is 0 Å². The lowest BCUT2D eigenvalue weighted by Crippen LogP contribution is -2.27. The molecule has 3 N–H and O–H groups in total. The van der Waals surface area contributed by atoms with Crippen molar-refractivity contribution in [3.63, 3.8) is 0 Å². The molecule has 0 spiro atoms. The average molecular weight is 262 g/mol. The topological polar surface area (TPSA) is 69.8 Å². The third kappa shape index (κ3) is 2.73. The van der Waals surface area contributed by atoms with E-state index >= 15 is 0 Å². The lowest BCUT2D eigenvalue weighted by molar-refractivity contribution is 0.0940. The second kappa shape index (κ2) is 5.51. The summed E-state index contributed by atoms with van der Waals surface area (Å²) in [6, 6.07) is 4.18. The molecule has 6 heteroatoms. The van der Waals surface area contributed by atoms with Crippen LogP contribution in [0.4, 0.5) is 10.1 Å². The molecule has 0 bridgehead atoms. The summed E-state index contributed by atoms with van der Waals surface area (Å²) in [7, 11) is 1.58. The summed E-state index contributed by atoms with van der Waals surface area (Å²) >= 11 is 0. The Morgan fingerprint density at radius 1 is 1.47 bits per heavy atom. The molecule has 0 aliphatic rings. The highest BCUT2D eigenvalue weighted by molar-refractivity contribution is 5.99. The molecule has 2 aromatic rings. The van der Waals surface area contributed by atoms with Gasteiger partial charge in [-0.1, -0.05) is 6.07 Å². The number of aromatic nitrogens is 2. The number of carbonyl (C=O) groups excluding carboxylic acids is 1. The summed E-state index contributed by atoms with van der Waals surface area (Å²) in [6.07, 6.45) is 3.34. The van der Waals surface area contributed by atoms with Crippen LogP contribution in [-0.4, -0.2) is 23.2 Å². The van der Waals surface area contributed by atoms with Crippen molar-refractivity contribution >= 4 is 11.6 Å². The van der Waals surface area contributed by atoms with Gasteiger partial charge < -0.3 is 10.6 Å². The number of aromatic amines is 1. The zero-order valence-corrected chi connectivity index (χ0v) is 10.7. The quantitative estimate of drug-likeness (QED) is 0.790. The van der Waals surface area contributed by atoms with Crippen LogP contribution >= 0.6 is 0 Å². The number of para-hydroxylation sites is 1. The standard InChI is InChI=1S/C13H15FN4O/c1-8(9-6-16-17-7-9)18-13(19)10-4-3-5-11(14)12(10)15-2/h3-8,15H,1-2H3,(H,16,17)(H,18,19). The summed E-state index contributed by atoms with van der Waals surface area (Å²) in [5.74, 6) is -0.788. The number of hydrogen-bond acceptors (Lipinski definition) is 3. The van der Waals surface area contributed by atoms with Gasteiger partial charge in [0.1, 0.15) is 5.82 Å². The highest BCUT2D eigenvalue weighted by atomic mass is 19.1. The van der Waals surface area contributed by atoms with Crippen molar-refractivity contribution in [1.82, 2.24) is 15.5 Å². The fourth-order valence-electron chi connectivity index (χ4n) is 1.82. The number of benzene rings is 1. The summed E-state index contributed by atoms with van der Waals surface area (Å²) in [5.41, 5.74) is 1.33. The molecule has 1 aromatic heterocycles. The maximum Gasteiger partial charge on any atom is 0.253 e. The molecule has 0 fully saturated rings. The van der Waals surface area contributed by atoms with Gasteiger partial charge in [-0.25, -0.2) is 4.39 Å². The van der Waals surface area contributed by atoms with Gasteiger partial charge in [-0.2, -0.15) is 5.10 Å². The number of amides is 1. The number of H-pyrrole nitrogens is 1. The van der Waals surface area contributed by atoms with Gasteiger partial charge in [0.25, 0.3) is 5.91 Å². The molecular formula is C13H15FN4O. The molecule has 100 valence electrons. The van der Waals surface area contributed by atoms with Crippen LogP contribution in [0.2, 0.25) is 0 Å². The summed E-state index contributed by atoms with van der Waals surface area (Å²) in [5, 5.41) is 12.0. The zero-order chi connectivity index (χ0) is 13.8. The van der Waals surface area contributed by atoms with Crippen LogP contribution in [0.25, 0.3) is 0 Å². The van der Waals surface area contributed by atoms with Crippen LogP contribution in [0.3, 0.4) is 0 Å². The molecule has 1 aromatic carbocycles. The molecule has 0 aliphatic carbocycles. The maximum atomic E-state index is 13.6. The molecule has 0 saturated carbocycles. The van der Waals surface area contributed by atoms with Crippen LogP contribution < -0.4 is 10.6 Å². The van der Waals surface area contributed by atoms with Crippen molar-refractivity contribution in [1.29, 1.82) is 0 Å². The minimum atomic E-state index is -0.453. The first-order valence-corrected chi connectivity index (χ1v) is 5.89. The van der Waals surface area contributed by atoms with Crippen molar-refractivity contribution in [2.45, 2.75) is 13.0 Å². The average Bonchev–Trinajstić information content (AvgIpc) is 2.92. The van der Waals surface area contributed by atoms with E-state index in [1.807, 2.05) is 6.92 Å². The molecule has 2 rings (SSSR count). The van der Waals surface area contributed by atoms with Crippen molar-refractivity contribution in [2.24, 2.45) is 0 Å². The highest BCUT2D eigenvalue weighted by Crippen LogP contribution is 2.20. The number of rotatable bonds is 4. The van der Waals surface area contributed by atoms with Crippen LogP contribution in [0.5, 0.6) is 0 Å². The number of nitrogens with zero attached hydrogens (tertiary/aromatic N) is 1. The fourth-order valence-corrected chi connectivity index (χ4v) is 1.82. The highest BCUT2D eigenvalue weighted by Gasteiger charge is 2.17. The Hall–Kier alpha value is -2.37. The van der Waals surface area contributed by atoms with Gasteiger partial charge in [0.15, 0.2) is 0 Å². The predicted octanol–water partition coefficient (Wildman–Crippen LogP) is 2.08. The number of hydrogen-bond donors (Lipinski definition) is 3. The predicted molar refractivity (Wildman–Crippen MR) is 70.4 cm³/mol. The van der Waals surface area contributed by atoms with Gasteiger partial charge in [-0.05, 0) is 19.1 Å². The second-order valence-corrected chi connectivity index (χ2v) is 4.14. The van der Waals surface area contributed by atoms with E-state index in [1.165, 1.54) is 12.1 Å². The Balaban J connectivity index is 2.19. The first-order valence-electron chi connectivity index (χ1n) is 5.89. The molecule has 0 saturated heterocycles. The molecule has 0 aliphatic heterocycles. The summed E-state index contributed by atoms with van der Waals surface area (Å²) < 4.78 is 13.6. The second-order valence-electron chi connectivity index (χ2n) is 4.14. The smallest absolute Gasteiger partial charge is 0.253 e. The van der Waals surface area contributed by atoms with E-state index in [0.29, 0.717) is 0 Å². The molecule has 0 radical (unpaired) electrons. The lowest BCUT2D eigenvalue weighted by Gasteiger charge is -2.14. The molecule has 1 unspecified atom stereocenters. The van der Waals surface area contributed by atoms with E-state index in [2.05, 4.69) is 20.8 Å². The van der Waals surface area contributed by atoms with Crippen molar-refractivity contribution in [2.75, 3.05) is 12.4 Å². The molecule has 1 atom stereocenters. The van der Waals surface area contributed by atoms with Gasteiger partial charge in [0, 0.05) is 18.8 Å². The molecule has 1 heterocycles. The zero-order valence-electron chi connectivity index (χ0n) is 10.7. The van der Waals surface area contributed by atoms with E-state index in [0.717, 1.165) is 5.56 Å². The Kier molecular flexibility index (Phi) is 3.79. The van der Waals surface area contributed by atoms with Gasteiger partial charge >= 0.3 is 0 Å². The minimum Gasteiger partial charge on any atom is -0.385 e. The molecule has 19 heavy (non-hydrogen) atoms. The number of carbonyl (C=O) groups is 1. The van der Waals surface area contributed by atoms with E-state index in [4.69, 9.17) is 0 Å². The van der Waals surface area contributed by atoms with E-state index in [-0.39, 0.29) is 23.2 Å². The first kappa shape index (κ1) is 13.1. The molecule has 5 nitrogen and oxygen atoms in total. The Bertz CT molecular complexity index is 568. The third-order valence-electron chi connectivity index (χ3n) is 2.88. The van der Waals surface area contributed by atoms with Gasteiger partial charge in [0.05, 0.1) is 23.5 Å². The molecular weight excluding hydrogens is 247 g/mol. The van der Waals surface area contributed by atoms with Crippen molar-refractivity contribution < 1.29 is 9.18 Å². The maximum absolute atomic E-state index is 13.6. The van der Waals surface area contributed by atoms with Crippen LogP contribution in [0, 0.1) is 5.82 Å². The minimum absolute atomic E-state index is 0.194. The number of anilines is 1. The Morgan fingerprint density at radius 2 is 2.26 bits per heavy atom. The number of nitrogens with one attached hydrogen (secondary N) is 3.